The molecule has 11 rings (SSSR count). The van der Waals surface area contributed by atoms with E-state index in [9.17, 15) is 0 Å². The summed E-state index contributed by atoms with van der Waals surface area (Å²) in [5.41, 5.74) is 16.0. The molecule has 0 saturated carbocycles. The maximum absolute atomic E-state index is 5.28. The molecule has 1 aliphatic carbocycles. The van der Waals surface area contributed by atoms with Gasteiger partial charge in [0.1, 0.15) is 0 Å². The van der Waals surface area contributed by atoms with Crippen LogP contribution in [0.3, 0.4) is 0 Å². The third kappa shape index (κ3) is 4.87. The van der Waals surface area contributed by atoms with E-state index in [-0.39, 0.29) is 0 Å². The van der Waals surface area contributed by atoms with Crippen LogP contribution in [-0.4, -0.2) is 15.0 Å². The maximum atomic E-state index is 5.28. The van der Waals surface area contributed by atoms with E-state index >= 15 is 0 Å². The van der Waals surface area contributed by atoms with Gasteiger partial charge in [-0.1, -0.05) is 176 Å². The van der Waals surface area contributed by atoms with Gasteiger partial charge in [-0.15, -0.1) is 0 Å². The minimum absolute atomic E-state index is 0.430. The van der Waals surface area contributed by atoms with Crippen LogP contribution in [0.1, 0.15) is 22.3 Å². The fraction of sp³-hybridized carbons (Fsp3) is 0.0192. The highest BCUT2D eigenvalue weighted by Gasteiger charge is 2.46. The van der Waals surface area contributed by atoms with Gasteiger partial charge in [-0.3, -0.25) is 0 Å². The van der Waals surface area contributed by atoms with E-state index in [1.165, 1.54) is 33.4 Å². The molecule has 7 aromatic carbocycles. The molecule has 3 heterocycles. The van der Waals surface area contributed by atoms with E-state index in [4.69, 9.17) is 15.0 Å². The average molecular weight is 700 g/mol. The van der Waals surface area contributed by atoms with Crippen molar-refractivity contribution in [2.75, 3.05) is 0 Å². The van der Waals surface area contributed by atoms with Crippen molar-refractivity contribution in [3.05, 3.63) is 222 Å². The summed E-state index contributed by atoms with van der Waals surface area (Å²) >= 11 is 0. The van der Waals surface area contributed by atoms with Crippen LogP contribution >= 0.6 is 0 Å². The Hall–Kier alpha value is -7.23. The number of hydrogen-bond acceptors (Lipinski definition) is 3. The zero-order chi connectivity index (χ0) is 36.3. The fourth-order valence-electron chi connectivity index (χ4n) is 8.82. The Kier molecular flexibility index (Phi) is 7.08. The predicted octanol–water partition coefficient (Wildman–Crippen LogP) is 12.7. The lowest BCUT2D eigenvalue weighted by Crippen LogP contribution is -2.28. The van der Waals surface area contributed by atoms with Gasteiger partial charge in [0.05, 0.1) is 39.0 Å². The van der Waals surface area contributed by atoms with Crippen molar-refractivity contribution in [2.24, 2.45) is 0 Å². The minimum Gasteiger partial charge on any atom is -0.248 e. The van der Waals surface area contributed by atoms with Gasteiger partial charge in [0.2, 0.25) is 0 Å². The molecule has 55 heavy (non-hydrogen) atoms. The summed E-state index contributed by atoms with van der Waals surface area (Å²) in [5.74, 6) is 0. The molecular weight excluding hydrogens is 667 g/mol. The van der Waals surface area contributed by atoms with Gasteiger partial charge in [0, 0.05) is 32.8 Å². The Labute approximate surface area is 319 Å². The van der Waals surface area contributed by atoms with Gasteiger partial charge in [-0.25, -0.2) is 15.0 Å². The average Bonchev–Trinajstić information content (AvgIpc) is 3.58. The molecule has 3 aromatic heterocycles. The van der Waals surface area contributed by atoms with E-state index in [1.54, 1.807) is 0 Å². The lowest BCUT2D eigenvalue weighted by molar-refractivity contribution is 0.769. The number of nitrogens with zero attached hydrogens (tertiary/aromatic N) is 3. The molecule has 0 atom stereocenters. The number of pyridine rings is 3. The summed E-state index contributed by atoms with van der Waals surface area (Å²) in [7, 11) is 0. The Morgan fingerprint density at radius 2 is 0.800 bits per heavy atom. The molecule has 0 aliphatic heterocycles. The quantitative estimate of drug-likeness (QED) is 0.168. The Morgan fingerprint density at radius 1 is 0.327 bits per heavy atom. The Bertz CT molecular complexity index is 3030. The van der Waals surface area contributed by atoms with Crippen LogP contribution in [0.2, 0.25) is 0 Å². The normalized spacial score (nSPS) is 12.9. The number of aromatic nitrogens is 3. The van der Waals surface area contributed by atoms with Crippen molar-refractivity contribution >= 4 is 32.7 Å². The SMILES string of the molecule is c1ccc(-c2ccc3ccc4ccc(-c5ccc(-c6ccc7c8c(ccc7n6)C(c6ccccc6)(c6ccccc6)c6ccccc6-8)cc5)nc4c3n2)cc1. The molecule has 3 nitrogen and oxygen atoms in total. The van der Waals surface area contributed by atoms with Crippen LogP contribution in [0.15, 0.2) is 200 Å². The Morgan fingerprint density at radius 3 is 1.40 bits per heavy atom. The highest BCUT2D eigenvalue weighted by molar-refractivity contribution is 6.05. The molecule has 0 radical (unpaired) electrons. The van der Waals surface area contributed by atoms with Gasteiger partial charge in [-0.05, 0) is 57.6 Å². The second-order valence-electron chi connectivity index (χ2n) is 14.3. The van der Waals surface area contributed by atoms with Crippen LogP contribution in [0, 0.1) is 0 Å². The van der Waals surface area contributed by atoms with Crippen molar-refractivity contribution in [1.29, 1.82) is 0 Å². The van der Waals surface area contributed by atoms with E-state index in [0.29, 0.717) is 0 Å². The molecule has 256 valence electrons. The molecule has 10 aromatic rings. The number of hydrogen-bond donors (Lipinski definition) is 0. The molecular formula is C52H33N3. The highest BCUT2D eigenvalue weighted by atomic mass is 14.8. The summed E-state index contributed by atoms with van der Waals surface area (Å²) < 4.78 is 0. The number of rotatable bonds is 5. The molecule has 0 spiro atoms. The van der Waals surface area contributed by atoms with Crippen LogP contribution in [0.4, 0.5) is 0 Å². The van der Waals surface area contributed by atoms with E-state index in [2.05, 4.69) is 182 Å². The molecule has 0 amide bonds. The van der Waals surface area contributed by atoms with Crippen molar-refractivity contribution in [2.45, 2.75) is 5.41 Å². The fourth-order valence-corrected chi connectivity index (χ4v) is 8.82. The van der Waals surface area contributed by atoms with Crippen molar-refractivity contribution in [3.63, 3.8) is 0 Å². The molecule has 1 aliphatic rings. The van der Waals surface area contributed by atoms with Crippen LogP contribution in [0.5, 0.6) is 0 Å². The third-order valence-corrected chi connectivity index (χ3v) is 11.4. The highest BCUT2D eigenvalue weighted by Crippen LogP contribution is 2.57. The lowest BCUT2D eigenvalue weighted by atomic mass is 9.67. The molecule has 3 heteroatoms. The van der Waals surface area contributed by atoms with Gasteiger partial charge >= 0.3 is 0 Å². The number of fused-ring (bicyclic) bond motifs is 8. The van der Waals surface area contributed by atoms with Crippen LogP contribution in [0.25, 0.3) is 77.6 Å². The zero-order valence-electron chi connectivity index (χ0n) is 29.9. The lowest BCUT2D eigenvalue weighted by Gasteiger charge is -2.33. The van der Waals surface area contributed by atoms with Gasteiger partial charge in [0.25, 0.3) is 0 Å². The van der Waals surface area contributed by atoms with Crippen LogP contribution < -0.4 is 0 Å². The monoisotopic (exact) mass is 699 g/mol. The molecule has 0 bridgehead atoms. The first-order valence-corrected chi connectivity index (χ1v) is 18.8. The van der Waals surface area contributed by atoms with Crippen molar-refractivity contribution in [1.82, 2.24) is 15.0 Å². The Balaban J connectivity index is 0.989. The summed E-state index contributed by atoms with van der Waals surface area (Å²) in [6.45, 7) is 0. The second-order valence-corrected chi connectivity index (χ2v) is 14.3. The van der Waals surface area contributed by atoms with Crippen molar-refractivity contribution < 1.29 is 0 Å². The third-order valence-electron chi connectivity index (χ3n) is 11.4. The second kappa shape index (κ2) is 12.4. The summed E-state index contributed by atoms with van der Waals surface area (Å²) in [6, 6.07) is 71.4. The first-order valence-electron chi connectivity index (χ1n) is 18.8. The standard InChI is InChI=1S/C52H33N3/c1-4-12-34(13-5-1)46-30-26-37-24-25-38-27-31-47(55-51(38)50(37)54-46)36-22-20-35(21-23-36)45-32-28-42-48(53-45)33-29-44-49(42)41-18-10-11-19-43(41)52(44,39-14-6-2-7-15-39)40-16-8-3-9-17-40/h1-33H. The first-order chi connectivity index (χ1) is 27.3. The topological polar surface area (TPSA) is 38.7 Å². The maximum Gasteiger partial charge on any atom is 0.0972 e. The molecule has 0 unspecified atom stereocenters. The van der Waals surface area contributed by atoms with Gasteiger partial charge in [0.15, 0.2) is 0 Å². The van der Waals surface area contributed by atoms with Gasteiger partial charge in [-0.2, -0.15) is 0 Å². The summed E-state index contributed by atoms with van der Waals surface area (Å²) in [5, 5.41) is 3.31. The smallest absolute Gasteiger partial charge is 0.0972 e. The first kappa shape index (κ1) is 31.3. The van der Waals surface area contributed by atoms with E-state index < -0.39 is 5.41 Å². The van der Waals surface area contributed by atoms with E-state index in [1.807, 2.05) is 18.2 Å². The van der Waals surface area contributed by atoms with E-state index in [0.717, 1.165) is 66.5 Å². The summed E-state index contributed by atoms with van der Waals surface area (Å²) in [6.07, 6.45) is 0. The minimum atomic E-state index is -0.430. The van der Waals surface area contributed by atoms with Crippen LogP contribution in [-0.2, 0) is 5.41 Å². The van der Waals surface area contributed by atoms with Crippen molar-refractivity contribution in [3.8, 4) is 44.9 Å². The molecule has 0 saturated heterocycles. The predicted molar refractivity (Wildman–Crippen MR) is 226 cm³/mol. The molecule has 0 fully saturated rings. The number of benzene rings is 7. The zero-order valence-corrected chi connectivity index (χ0v) is 29.9. The summed E-state index contributed by atoms with van der Waals surface area (Å²) in [4.78, 5) is 15.5. The largest absolute Gasteiger partial charge is 0.248 e. The molecule has 0 N–H and O–H groups in total. The van der Waals surface area contributed by atoms with Gasteiger partial charge < -0.3 is 0 Å².